The second-order valence-corrected chi connectivity index (χ2v) is 5.54. The Morgan fingerprint density at radius 2 is 1.54 bits per heavy atom. The molecule has 0 aromatic carbocycles. The molecule has 0 saturated heterocycles. The zero-order valence-corrected chi connectivity index (χ0v) is 14.7. The largest absolute Gasteiger partial charge is 0.393 e. The first-order valence-electron chi connectivity index (χ1n) is 8.79. The minimum atomic E-state index is 0.433. The van der Waals surface area contributed by atoms with Crippen molar-refractivity contribution in [2.24, 2.45) is 11.1 Å². The van der Waals surface area contributed by atoms with Crippen LogP contribution in [0.5, 0.6) is 0 Å². The van der Waals surface area contributed by atoms with Crippen LogP contribution in [0.4, 0.5) is 0 Å². The van der Waals surface area contributed by atoms with Crippen LogP contribution in [0.2, 0.25) is 0 Å². The van der Waals surface area contributed by atoms with Crippen LogP contribution in [0.15, 0.2) is 5.16 Å². The molecule has 0 heterocycles. The van der Waals surface area contributed by atoms with Crippen molar-refractivity contribution in [2.45, 2.75) is 32.6 Å². The van der Waals surface area contributed by atoms with E-state index in [-0.39, 0.29) is 0 Å². The van der Waals surface area contributed by atoms with Gasteiger partial charge in [0.25, 0.3) is 0 Å². The molecule has 0 N–H and O–H groups in total. The van der Waals surface area contributed by atoms with Crippen molar-refractivity contribution in [3.8, 4) is 0 Å². The minimum Gasteiger partial charge on any atom is -0.393 e. The molecule has 0 aromatic heterocycles. The van der Waals surface area contributed by atoms with Gasteiger partial charge in [0.2, 0.25) is 0 Å². The third-order valence-corrected chi connectivity index (χ3v) is 3.63. The lowest BCUT2D eigenvalue weighted by molar-refractivity contribution is -0.108. The van der Waals surface area contributed by atoms with Gasteiger partial charge in [-0.15, -0.1) is 0 Å². The first-order valence-corrected chi connectivity index (χ1v) is 8.79. The van der Waals surface area contributed by atoms with Crippen molar-refractivity contribution in [3.63, 3.8) is 0 Å². The lowest BCUT2D eigenvalue weighted by Gasteiger charge is -2.07. The first-order chi connectivity index (χ1) is 11.9. The van der Waals surface area contributed by atoms with E-state index in [2.05, 4.69) is 5.16 Å². The molecule has 0 aliphatic heterocycles. The van der Waals surface area contributed by atoms with Crippen molar-refractivity contribution >= 4 is 12.0 Å². The summed E-state index contributed by atoms with van der Waals surface area (Å²) in [7, 11) is 0. The Bertz CT molecular complexity index is 337. The quantitative estimate of drug-likeness (QED) is 0.241. The van der Waals surface area contributed by atoms with Gasteiger partial charge >= 0.3 is 0 Å². The molecular formula is C17H31NO6. The third kappa shape index (κ3) is 11.5. The molecular weight excluding hydrogens is 314 g/mol. The van der Waals surface area contributed by atoms with E-state index >= 15 is 0 Å². The molecule has 7 nitrogen and oxygen atoms in total. The standard InChI is InChI=1S/C17H31NO6/c1-2-20-7-8-21-9-10-22-11-12-23-13-14-24-18-17-4-3-16(15-17)5-6-19/h6,16H,2-5,7-15H2,1H3/b18-17+. The second kappa shape index (κ2) is 15.5. The second-order valence-electron chi connectivity index (χ2n) is 5.54. The fourth-order valence-electron chi connectivity index (χ4n) is 2.37. The number of carbonyl (C=O) groups is 1. The molecule has 1 unspecified atom stereocenters. The average Bonchev–Trinajstić information content (AvgIpc) is 3.03. The molecule has 24 heavy (non-hydrogen) atoms. The van der Waals surface area contributed by atoms with Crippen molar-refractivity contribution in [2.75, 3.05) is 59.5 Å². The summed E-state index contributed by atoms with van der Waals surface area (Å²) in [5.41, 5.74) is 1.05. The van der Waals surface area contributed by atoms with Gasteiger partial charge in [-0.25, -0.2) is 0 Å². The highest BCUT2D eigenvalue weighted by atomic mass is 16.6. The van der Waals surface area contributed by atoms with E-state index in [0.29, 0.717) is 71.8 Å². The highest BCUT2D eigenvalue weighted by Crippen LogP contribution is 2.25. The van der Waals surface area contributed by atoms with Crippen LogP contribution in [-0.4, -0.2) is 71.5 Å². The van der Waals surface area contributed by atoms with E-state index in [1.165, 1.54) is 0 Å². The molecule has 7 heteroatoms. The summed E-state index contributed by atoms with van der Waals surface area (Å²) in [5, 5.41) is 4.11. The summed E-state index contributed by atoms with van der Waals surface area (Å²) in [5.74, 6) is 0.446. The summed E-state index contributed by atoms with van der Waals surface area (Å²) >= 11 is 0. The summed E-state index contributed by atoms with van der Waals surface area (Å²) in [6, 6.07) is 0. The van der Waals surface area contributed by atoms with E-state index in [9.17, 15) is 4.79 Å². The third-order valence-electron chi connectivity index (χ3n) is 3.63. The molecule has 0 aromatic rings. The maximum absolute atomic E-state index is 10.5. The first kappa shape index (κ1) is 21.0. The van der Waals surface area contributed by atoms with E-state index in [1.54, 1.807) is 0 Å². The highest BCUT2D eigenvalue weighted by molar-refractivity contribution is 5.86. The van der Waals surface area contributed by atoms with Gasteiger partial charge in [0, 0.05) is 13.0 Å². The molecule has 0 spiro atoms. The number of hydrogen-bond acceptors (Lipinski definition) is 7. The molecule has 1 rings (SSSR count). The molecule has 0 radical (unpaired) electrons. The summed E-state index contributed by atoms with van der Waals surface area (Å²) < 4.78 is 21.2. The van der Waals surface area contributed by atoms with Crippen LogP contribution in [0.3, 0.4) is 0 Å². The van der Waals surface area contributed by atoms with Crippen molar-refractivity contribution < 1.29 is 28.6 Å². The van der Waals surface area contributed by atoms with Gasteiger partial charge < -0.3 is 28.6 Å². The van der Waals surface area contributed by atoms with Crippen LogP contribution in [0.25, 0.3) is 0 Å². The normalized spacial score (nSPS) is 19.0. The number of nitrogens with zero attached hydrogens (tertiary/aromatic N) is 1. The van der Waals surface area contributed by atoms with Crippen molar-refractivity contribution in [3.05, 3.63) is 0 Å². The Labute approximate surface area is 144 Å². The van der Waals surface area contributed by atoms with E-state index in [0.717, 1.165) is 31.3 Å². The fraction of sp³-hybridized carbons (Fsp3) is 0.882. The van der Waals surface area contributed by atoms with E-state index in [4.69, 9.17) is 23.8 Å². The smallest absolute Gasteiger partial charge is 0.140 e. The Morgan fingerprint density at radius 3 is 2.12 bits per heavy atom. The van der Waals surface area contributed by atoms with Gasteiger partial charge in [0.15, 0.2) is 0 Å². The van der Waals surface area contributed by atoms with Crippen LogP contribution in [0.1, 0.15) is 32.6 Å². The summed E-state index contributed by atoms with van der Waals surface area (Å²) in [6.07, 6.45) is 4.45. The van der Waals surface area contributed by atoms with Crippen molar-refractivity contribution in [1.82, 2.24) is 0 Å². The molecule has 1 fully saturated rings. The van der Waals surface area contributed by atoms with Crippen LogP contribution in [0, 0.1) is 5.92 Å². The lowest BCUT2D eigenvalue weighted by Crippen LogP contribution is -2.12. The predicted molar refractivity (Wildman–Crippen MR) is 90.4 cm³/mol. The zero-order chi connectivity index (χ0) is 17.3. The number of oxime groups is 1. The number of aldehydes is 1. The minimum absolute atomic E-state index is 0.433. The topological polar surface area (TPSA) is 75.6 Å². The lowest BCUT2D eigenvalue weighted by atomic mass is 10.1. The van der Waals surface area contributed by atoms with Gasteiger partial charge in [0.1, 0.15) is 12.9 Å². The van der Waals surface area contributed by atoms with Gasteiger partial charge in [-0.05, 0) is 32.1 Å². The number of hydrogen-bond donors (Lipinski definition) is 0. The van der Waals surface area contributed by atoms with Crippen LogP contribution < -0.4 is 0 Å². The zero-order valence-electron chi connectivity index (χ0n) is 14.7. The number of rotatable bonds is 16. The molecule has 1 atom stereocenters. The Morgan fingerprint density at radius 1 is 0.958 bits per heavy atom. The Balaban J connectivity index is 1.79. The SMILES string of the molecule is CCOCCOCCOCCOCCO/N=C1\CCC(CC=O)C1. The van der Waals surface area contributed by atoms with Gasteiger partial charge in [0.05, 0.1) is 52.0 Å². The number of carbonyl (C=O) groups excluding carboxylic acids is 1. The summed E-state index contributed by atoms with van der Waals surface area (Å²) in [4.78, 5) is 15.7. The van der Waals surface area contributed by atoms with E-state index in [1.807, 2.05) is 6.92 Å². The number of ether oxygens (including phenoxy) is 4. The van der Waals surface area contributed by atoms with Crippen molar-refractivity contribution in [1.29, 1.82) is 0 Å². The van der Waals surface area contributed by atoms with Crippen LogP contribution >= 0.6 is 0 Å². The average molecular weight is 345 g/mol. The maximum atomic E-state index is 10.5. The predicted octanol–water partition coefficient (Wildman–Crippen LogP) is 1.83. The van der Waals surface area contributed by atoms with Crippen LogP contribution in [-0.2, 0) is 28.6 Å². The summed E-state index contributed by atoms with van der Waals surface area (Å²) in [6.45, 7) is 7.02. The maximum Gasteiger partial charge on any atom is 0.140 e. The Hall–Kier alpha value is -1.02. The molecule has 0 amide bonds. The fourth-order valence-corrected chi connectivity index (χ4v) is 2.37. The van der Waals surface area contributed by atoms with Gasteiger partial charge in [-0.1, -0.05) is 5.16 Å². The highest BCUT2D eigenvalue weighted by Gasteiger charge is 2.20. The monoisotopic (exact) mass is 345 g/mol. The van der Waals surface area contributed by atoms with Gasteiger partial charge in [-0.2, -0.15) is 0 Å². The Kier molecular flexibility index (Phi) is 13.6. The molecule has 1 saturated carbocycles. The van der Waals surface area contributed by atoms with E-state index < -0.39 is 0 Å². The molecule has 1 aliphatic carbocycles. The van der Waals surface area contributed by atoms with Gasteiger partial charge in [-0.3, -0.25) is 0 Å². The molecule has 140 valence electrons. The molecule has 0 bridgehead atoms. The molecule has 1 aliphatic rings.